The van der Waals surface area contributed by atoms with Crippen LogP contribution in [0.5, 0.6) is 5.75 Å². The van der Waals surface area contributed by atoms with Gasteiger partial charge in [-0.25, -0.2) is 0 Å². The molecule has 2 nitrogen and oxygen atoms in total. The summed E-state index contributed by atoms with van der Waals surface area (Å²) in [4.78, 5) is 0. The SMILES string of the molecule is COc1cc(Br)c(C)c(CCCO)c1. The molecule has 0 atom stereocenters. The molecule has 0 heterocycles. The number of hydrogen-bond acceptors (Lipinski definition) is 2. The molecule has 14 heavy (non-hydrogen) atoms. The third-order valence-corrected chi connectivity index (χ3v) is 3.09. The molecule has 1 rings (SSSR count). The number of hydrogen-bond donors (Lipinski definition) is 1. The van der Waals surface area contributed by atoms with Crippen LogP contribution in [-0.2, 0) is 6.42 Å². The summed E-state index contributed by atoms with van der Waals surface area (Å²) in [5.41, 5.74) is 2.45. The predicted molar refractivity (Wildman–Crippen MR) is 60.8 cm³/mol. The molecule has 0 saturated carbocycles. The highest BCUT2D eigenvalue weighted by Crippen LogP contribution is 2.27. The van der Waals surface area contributed by atoms with Crippen molar-refractivity contribution in [3.63, 3.8) is 0 Å². The molecule has 1 aromatic carbocycles. The van der Waals surface area contributed by atoms with Crippen molar-refractivity contribution in [1.29, 1.82) is 0 Å². The molecule has 1 aromatic rings. The first-order valence-corrected chi connectivity index (χ1v) is 5.42. The molecule has 1 N–H and O–H groups in total. The second-order valence-electron chi connectivity index (χ2n) is 3.22. The second kappa shape index (κ2) is 5.37. The summed E-state index contributed by atoms with van der Waals surface area (Å²) >= 11 is 3.49. The van der Waals surface area contributed by atoms with Crippen molar-refractivity contribution in [3.05, 3.63) is 27.7 Å². The van der Waals surface area contributed by atoms with E-state index < -0.39 is 0 Å². The van der Waals surface area contributed by atoms with Crippen molar-refractivity contribution in [2.24, 2.45) is 0 Å². The fourth-order valence-corrected chi connectivity index (χ4v) is 1.84. The minimum atomic E-state index is 0.230. The van der Waals surface area contributed by atoms with E-state index in [1.807, 2.05) is 12.1 Å². The number of benzene rings is 1. The topological polar surface area (TPSA) is 29.5 Å². The van der Waals surface area contributed by atoms with E-state index in [-0.39, 0.29) is 6.61 Å². The van der Waals surface area contributed by atoms with Gasteiger partial charge in [-0.05, 0) is 43.0 Å². The van der Waals surface area contributed by atoms with Crippen LogP contribution in [0.2, 0.25) is 0 Å². The Hall–Kier alpha value is -0.540. The Bertz CT molecular complexity index is 310. The zero-order valence-electron chi connectivity index (χ0n) is 8.51. The number of aryl methyl sites for hydroxylation is 1. The number of methoxy groups -OCH3 is 1. The molecule has 78 valence electrons. The quantitative estimate of drug-likeness (QED) is 0.900. The Morgan fingerprint density at radius 3 is 2.71 bits per heavy atom. The molecule has 0 radical (unpaired) electrons. The van der Waals surface area contributed by atoms with Gasteiger partial charge in [0.2, 0.25) is 0 Å². The van der Waals surface area contributed by atoms with Gasteiger partial charge in [-0.1, -0.05) is 15.9 Å². The third-order valence-electron chi connectivity index (χ3n) is 2.27. The van der Waals surface area contributed by atoms with E-state index >= 15 is 0 Å². The molecule has 0 saturated heterocycles. The lowest BCUT2D eigenvalue weighted by Crippen LogP contribution is -1.95. The molecule has 0 spiro atoms. The van der Waals surface area contributed by atoms with Crippen LogP contribution in [0.1, 0.15) is 17.5 Å². The molecular formula is C11H15BrO2. The smallest absolute Gasteiger partial charge is 0.120 e. The van der Waals surface area contributed by atoms with Gasteiger partial charge in [0.15, 0.2) is 0 Å². The average molecular weight is 259 g/mol. The van der Waals surface area contributed by atoms with Crippen LogP contribution < -0.4 is 4.74 Å². The Labute approximate surface area is 93.0 Å². The van der Waals surface area contributed by atoms with E-state index in [2.05, 4.69) is 22.9 Å². The van der Waals surface area contributed by atoms with Crippen LogP contribution in [0.3, 0.4) is 0 Å². The summed E-state index contributed by atoms with van der Waals surface area (Å²) in [7, 11) is 1.66. The largest absolute Gasteiger partial charge is 0.497 e. The molecule has 0 aliphatic heterocycles. The lowest BCUT2D eigenvalue weighted by molar-refractivity contribution is 0.288. The van der Waals surface area contributed by atoms with E-state index in [1.165, 1.54) is 11.1 Å². The van der Waals surface area contributed by atoms with Crippen LogP contribution in [0.4, 0.5) is 0 Å². The Morgan fingerprint density at radius 1 is 1.43 bits per heavy atom. The van der Waals surface area contributed by atoms with E-state index in [0.29, 0.717) is 0 Å². The molecule has 0 aliphatic rings. The minimum absolute atomic E-state index is 0.230. The highest BCUT2D eigenvalue weighted by molar-refractivity contribution is 9.10. The van der Waals surface area contributed by atoms with Crippen LogP contribution in [0.25, 0.3) is 0 Å². The molecule has 0 aromatic heterocycles. The monoisotopic (exact) mass is 258 g/mol. The van der Waals surface area contributed by atoms with Gasteiger partial charge < -0.3 is 9.84 Å². The Balaban J connectivity index is 2.95. The first kappa shape index (κ1) is 11.5. The number of aliphatic hydroxyl groups excluding tert-OH is 1. The average Bonchev–Trinajstić information content (AvgIpc) is 2.20. The Kier molecular flexibility index (Phi) is 4.42. The molecule has 0 bridgehead atoms. The van der Waals surface area contributed by atoms with Crippen LogP contribution in [-0.4, -0.2) is 18.8 Å². The van der Waals surface area contributed by atoms with Gasteiger partial charge >= 0.3 is 0 Å². The van der Waals surface area contributed by atoms with E-state index in [1.54, 1.807) is 7.11 Å². The first-order chi connectivity index (χ1) is 6.69. The van der Waals surface area contributed by atoms with Crippen molar-refractivity contribution in [2.75, 3.05) is 13.7 Å². The molecule has 0 aliphatic carbocycles. The van der Waals surface area contributed by atoms with Crippen molar-refractivity contribution < 1.29 is 9.84 Å². The highest BCUT2D eigenvalue weighted by atomic mass is 79.9. The lowest BCUT2D eigenvalue weighted by Gasteiger charge is -2.09. The summed E-state index contributed by atoms with van der Waals surface area (Å²) < 4.78 is 6.24. The predicted octanol–water partition coefficient (Wildman–Crippen LogP) is 2.69. The maximum atomic E-state index is 8.77. The lowest BCUT2D eigenvalue weighted by atomic mass is 10.0. The van der Waals surface area contributed by atoms with Crippen molar-refractivity contribution in [2.45, 2.75) is 19.8 Å². The summed E-state index contributed by atoms with van der Waals surface area (Å²) in [6, 6.07) is 3.98. The third kappa shape index (κ3) is 2.72. The van der Waals surface area contributed by atoms with Crippen LogP contribution in [0.15, 0.2) is 16.6 Å². The fourth-order valence-electron chi connectivity index (χ4n) is 1.36. The van der Waals surface area contributed by atoms with Gasteiger partial charge in [-0.15, -0.1) is 0 Å². The fraction of sp³-hybridized carbons (Fsp3) is 0.455. The summed E-state index contributed by atoms with van der Waals surface area (Å²) in [5, 5.41) is 8.77. The minimum Gasteiger partial charge on any atom is -0.497 e. The maximum Gasteiger partial charge on any atom is 0.120 e. The van der Waals surface area contributed by atoms with Crippen molar-refractivity contribution in [3.8, 4) is 5.75 Å². The summed E-state index contributed by atoms with van der Waals surface area (Å²) in [6.07, 6.45) is 1.68. The van der Waals surface area contributed by atoms with Gasteiger partial charge in [0.1, 0.15) is 5.75 Å². The standard InChI is InChI=1S/C11H15BrO2/c1-8-9(4-3-5-13)6-10(14-2)7-11(8)12/h6-7,13H,3-5H2,1-2H3. The van der Waals surface area contributed by atoms with Gasteiger partial charge in [0.25, 0.3) is 0 Å². The normalized spacial score (nSPS) is 10.3. The van der Waals surface area contributed by atoms with Gasteiger partial charge in [-0.2, -0.15) is 0 Å². The van der Waals surface area contributed by atoms with Crippen LogP contribution in [0, 0.1) is 6.92 Å². The molecule has 3 heteroatoms. The summed E-state index contributed by atoms with van der Waals surface area (Å²) in [6.45, 7) is 2.30. The van der Waals surface area contributed by atoms with Gasteiger partial charge in [-0.3, -0.25) is 0 Å². The summed E-state index contributed by atoms with van der Waals surface area (Å²) in [5.74, 6) is 0.857. The van der Waals surface area contributed by atoms with E-state index in [0.717, 1.165) is 23.1 Å². The number of ether oxygens (including phenoxy) is 1. The second-order valence-corrected chi connectivity index (χ2v) is 4.07. The molecular weight excluding hydrogens is 244 g/mol. The highest BCUT2D eigenvalue weighted by Gasteiger charge is 2.05. The molecule has 0 unspecified atom stereocenters. The Morgan fingerprint density at radius 2 is 2.14 bits per heavy atom. The number of halogens is 1. The van der Waals surface area contributed by atoms with E-state index in [4.69, 9.17) is 9.84 Å². The number of aliphatic hydroxyl groups is 1. The van der Waals surface area contributed by atoms with Gasteiger partial charge in [0, 0.05) is 11.1 Å². The molecule has 0 fully saturated rings. The zero-order chi connectivity index (χ0) is 10.6. The van der Waals surface area contributed by atoms with E-state index in [9.17, 15) is 0 Å². The van der Waals surface area contributed by atoms with Crippen molar-refractivity contribution >= 4 is 15.9 Å². The van der Waals surface area contributed by atoms with Crippen molar-refractivity contribution in [1.82, 2.24) is 0 Å². The number of rotatable bonds is 4. The van der Waals surface area contributed by atoms with Crippen LogP contribution >= 0.6 is 15.9 Å². The van der Waals surface area contributed by atoms with Gasteiger partial charge in [0.05, 0.1) is 7.11 Å². The zero-order valence-corrected chi connectivity index (χ0v) is 10.1. The first-order valence-electron chi connectivity index (χ1n) is 4.63. The maximum absolute atomic E-state index is 8.77. The molecule has 0 amide bonds.